The second kappa shape index (κ2) is 6.21. The Kier molecular flexibility index (Phi) is 4.61. The standard InChI is InChI=1S/C15H23NO2/c1-4-18-13-9-12(10-13)16-11(2)14-7-5-6-8-15(14)17-3/h5-8,11-13,16H,4,9-10H2,1-3H3. The summed E-state index contributed by atoms with van der Waals surface area (Å²) < 4.78 is 11.0. The van der Waals surface area contributed by atoms with Crippen molar-refractivity contribution < 1.29 is 9.47 Å². The second-order valence-electron chi connectivity index (χ2n) is 4.88. The summed E-state index contributed by atoms with van der Waals surface area (Å²) in [7, 11) is 1.72. The largest absolute Gasteiger partial charge is 0.496 e. The Morgan fingerprint density at radius 1 is 1.33 bits per heavy atom. The summed E-state index contributed by atoms with van der Waals surface area (Å²) in [6.45, 7) is 5.06. The fourth-order valence-electron chi connectivity index (χ4n) is 2.54. The molecule has 1 unspecified atom stereocenters. The van der Waals surface area contributed by atoms with Gasteiger partial charge in [-0.1, -0.05) is 18.2 Å². The topological polar surface area (TPSA) is 30.5 Å². The van der Waals surface area contributed by atoms with Gasteiger partial charge in [-0.2, -0.15) is 0 Å². The summed E-state index contributed by atoms with van der Waals surface area (Å²) in [5.74, 6) is 0.957. The molecule has 1 aromatic rings. The smallest absolute Gasteiger partial charge is 0.123 e. The fourth-order valence-corrected chi connectivity index (χ4v) is 2.54. The molecule has 0 spiro atoms. The lowest BCUT2D eigenvalue weighted by atomic mass is 9.88. The van der Waals surface area contributed by atoms with E-state index in [9.17, 15) is 0 Å². The zero-order valence-corrected chi connectivity index (χ0v) is 11.5. The Morgan fingerprint density at radius 3 is 2.72 bits per heavy atom. The number of methoxy groups -OCH3 is 1. The first-order valence-electron chi connectivity index (χ1n) is 6.75. The number of hydrogen-bond donors (Lipinski definition) is 1. The number of para-hydroxylation sites is 1. The molecule has 0 saturated heterocycles. The average Bonchev–Trinajstić information content (AvgIpc) is 2.36. The van der Waals surface area contributed by atoms with Crippen LogP contribution in [0.2, 0.25) is 0 Å². The second-order valence-corrected chi connectivity index (χ2v) is 4.88. The Morgan fingerprint density at radius 2 is 2.06 bits per heavy atom. The van der Waals surface area contributed by atoms with E-state index in [1.165, 1.54) is 5.56 Å². The molecule has 1 aliphatic rings. The van der Waals surface area contributed by atoms with Gasteiger partial charge < -0.3 is 14.8 Å². The molecule has 100 valence electrons. The van der Waals surface area contributed by atoms with Gasteiger partial charge in [0.25, 0.3) is 0 Å². The number of rotatable bonds is 6. The molecule has 1 aliphatic carbocycles. The van der Waals surface area contributed by atoms with Crippen molar-refractivity contribution in [1.82, 2.24) is 5.32 Å². The minimum absolute atomic E-state index is 0.314. The summed E-state index contributed by atoms with van der Waals surface area (Å²) in [4.78, 5) is 0. The minimum atomic E-state index is 0.314. The maximum absolute atomic E-state index is 5.58. The highest BCUT2D eigenvalue weighted by atomic mass is 16.5. The van der Waals surface area contributed by atoms with Crippen LogP contribution in [0.15, 0.2) is 24.3 Å². The predicted molar refractivity (Wildman–Crippen MR) is 73.0 cm³/mol. The van der Waals surface area contributed by atoms with Crippen molar-refractivity contribution in [3.8, 4) is 5.75 Å². The van der Waals surface area contributed by atoms with Crippen LogP contribution in [0.5, 0.6) is 5.75 Å². The zero-order valence-electron chi connectivity index (χ0n) is 11.5. The number of benzene rings is 1. The van der Waals surface area contributed by atoms with E-state index in [0.717, 1.165) is 25.2 Å². The third-order valence-corrected chi connectivity index (χ3v) is 3.59. The van der Waals surface area contributed by atoms with E-state index in [-0.39, 0.29) is 0 Å². The molecule has 1 N–H and O–H groups in total. The van der Waals surface area contributed by atoms with Gasteiger partial charge in [0.1, 0.15) is 5.75 Å². The van der Waals surface area contributed by atoms with Crippen molar-refractivity contribution in [3.63, 3.8) is 0 Å². The first-order chi connectivity index (χ1) is 8.74. The molecule has 1 atom stereocenters. The highest BCUT2D eigenvalue weighted by molar-refractivity contribution is 5.35. The molecule has 18 heavy (non-hydrogen) atoms. The van der Waals surface area contributed by atoms with Gasteiger partial charge in [-0.3, -0.25) is 0 Å². The van der Waals surface area contributed by atoms with E-state index in [1.54, 1.807) is 7.11 Å². The first-order valence-corrected chi connectivity index (χ1v) is 6.75. The molecule has 2 rings (SSSR count). The molecule has 0 amide bonds. The lowest BCUT2D eigenvalue weighted by Gasteiger charge is -2.37. The summed E-state index contributed by atoms with van der Waals surface area (Å²) >= 11 is 0. The van der Waals surface area contributed by atoms with Gasteiger partial charge in [-0.15, -0.1) is 0 Å². The molecule has 1 fully saturated rings. The quantitative estimate of drug-likeness (QED) is 0.841. The Hall–Kier alpha value is -1.06. The van der Waals surface area contributed by atoms with Crippen molar-refractivity contribution in [2.24, 2.45) is 0 Å². The van der Waals surface area contributed by atoms with Gasteiger partial charge in [0.2, 0.25) is 0 Å². The van der Waals surface area contributed by atoms with Gasteiger partial charge in [-0.25, -0.2) is 0 Å². The van der Waals surface area contributed by atoms with Crippen LogP contribution in [0.4, 0.5) is 0 Å². The summed E-state index contributed by atoms with van der Waals surface area (Å²) in [6, 6.07) is 9.07. The molecular weight excluding hydrogens is 226 g/mol. The van der Waals surface area contributed by atoms with Gasteiger partial charge in [0.05, 0.1) is 13.2 Å². The summed E-state index contributed by atoms with van der Waals surface area (Å²) in [6.07, 6.45) is 2.69. The maximum Gasteiger partial charge on any atom is 0.123 e. The van der Waals surface area contributed by atoms with Crippen LogP contribution in [0.3, 0.4) is 0 Å². The van der Waals surface area contributed by atoms with Gasteiger partial charge in [-0.05, 0) is 32.8 Å². The predicted octanol–water partition coefficient (Wildman–Crippen LogP) is 2.91. The molecular formula is C15H23NO2. The summed E-state index contributed by atoms with van der Waals surface area (Å²) in [5, 5.41) is 3.64. The van der Waals surface area contributed by atoms with Crippen LogP contribution in [-0.4, -0.2) is 25.9 Å². The monoisotopic (exact) mass is 249 g/mol. The third kappa shape index (κ3) is 3.03. The first kappa shape index (κ1) is 13.4. The van der Waals surface area contributed by atoms with Crippen LogP contribution in [0, 0.1) is 0 Å². The van der Waals surface area contributed by atoms with E-state index in [0.29, 0.717) is 18.2 Å². The molecule has 3 nitrogen and oxygen atoms in total. The van der Waals surface area contributed by atoms with Crippen molar-refractivity contribution in [2.45, 2.75) is 44.9 Å². The Balaban J connectivity index is 1.87. The van der Waals surface area contributed by atoms with E-state index in [4.69, 9.17) is 9.47 Å². The Labute approximate surface area is 109 Å². The average molecular weight is 249 g/mol. The fraction of sp³-hybridized carbons (Fsp3) is 0.600. The van der Waals surface area contributed by atoms with Crippen molar-refractivity contribution >= 4 is 0 Å². The highest BCUT2D eigenvalue weighted by Crippen LogP contribution is 2.29. The zero-order chi connectivity index (χ0) is 13.0. The van der Waals surface area contributed by atoms with E-state index in [1.807, 2.05) is 12.1 Å². The molecule has 1 aromatic carbocycles. The van der Waals surface area contributed by atoms with Crippen LogP contribution >= 0.6 is 0 Å². The normalized spacial score (nSPS) is 24.4. The van der Waals surface area contributed by atoms with Gasteiger partial charge in [0, 0.05) is 24.3 Å². The number of hydrogen-bond acceptors (Lipinski definition) is 3. The molecule has 0 heterocycles. The maximum atomic E-state index is 5.58. The molecule has 0 radical (unpaired) electrons. The van der Waals surface area contributed by atoms with Crippen molar-refractivity contribution in [3.05, 3.63) is 29.8 Å². The number of nitrogens with one attached hydrogen (secondary N) is 1. The van der Waals surface area contributed by atoms with E-state index < -0.39 is 0 Å². The van der Waals surface area contributed by atoms with Crippen molar-refractivity contribution in [2.75, 3.05) is 13.7 Å². The van der Waals surface area contributed by atoms with Crippen LogP contribution in [0.1, 0.15) is 38.3 Å². The Bertz CT molecular complexity index is 375. The molecule has 0 aromatic heterocycles. The minimum Gasteiger partial charge on any atom is -0.496 e. The lowest BCUT2D eigenvalue weighted by molar-refractivity contribution is -0.0120. The molecule has 0 aliphatic heterocycles. The molecule has 3 heteroatoms. The van der Waals surface area contributed by atoms with Crippen molar-refractivity contribution in [1.29, 1.82) is 0 Å². The SMILES string of the molecule is CCOC1CC(NC(C)c2ccccc2OC)C1. The van der Waals surface area contributed by atoms with Gasteiger partial charge in [0.15, 0.2) is 0 Å². The summed E-state index contributed by atoms with van der Waals surface area (Å²) in [5.41, 5.74) is 1.22. The lowest BCUT2D eigenvalue weighted by Crippen LogP contribution is -2.46. The highest BCUT2D eigenvalue weighted by Gasteiger charge is 2.30. The van der Waals surface area contributed by atoms with Crippen LogP contribution < -0.4 is 10.1 Å². The molecule has 0 bridgehead atoms. The van der Waals surface area contributed by atoms with Crippen LogP contribution in [0.25, 0.3) is 0 Å². The third-order valence-electron chi connectivity index (χ3n) is 3.59. The van der Waals surface area contributed by atoms with E-state index in [2.05, 4.69) is 31.3 Å². The molecule has 1 saturated carbocycles. The van der Waals surface area contributed by atoms with Gasteiger partial charge >= 0.3 is 0 Å². The van der Waals surface area contributed by atoms with Crippen LogP contribution in [-0.2, 0) is 4.74 Å². The number of ether oxygens (including phenoxy) is 2. The van der Waals surface area contributed by atoms with E-state index >= 15 is 0 Å².